The fourth-order valence-corrected chi connectivity index (χ4v) is 4.05. The number of hydrogen-bond donors (Lipinski definition) is 2. The molecule has 164 valence electrons. The van der Waals surface area contributed by atoms with E-state index in [1.807, 2.05) is 19.9 Å². The average Bonchev–Trinajstić information content (AvgIpc) is 3.09. The number of urea groups is 1. The summed E-state index contributed by atoms with van der Waals surface area (Å²) in [4.78, 5) is 17.3. The molecule has 7 heteroatoms. The van der Waals surface area contributed by atoms with Gasteiger partial charge in [-0.15, -0.1) is 0 Å². The van der Waals surface area contributed by atoms with E-state index in [9.17, 15) is 9.18 Å². The third-order valence-electron chi connectivity index (χ3n) is 6.05. The van der Waals surface area contributed by atoms with Crippen molar-refractivity contribution in [3.63, 3.8) is 0 Å². The highest BCUT2D eigenvalue weighted by molar-refractivity contribution is 5.90. The molecular formula is C24H29FN4O2. The Morgan fingerprint density at radius 1 is 1.10 bits per heavy atom. The normalized spacial score (nSPS) is 14.8. The van der Waals surface area contributed by atoms with Gasteiger partial charge in [0.2, 0.25) is 0 Å². The molecule has 1 fully saturated rings. The predicted octanol–water partition coefficient (Wildman–Crippen LogP) is 4.65. The number of nitrogens with zero attached hydrogens (tertiary/aromatic N) is 2. The predicted molar refractivity (Wildman–Crippen MR) is 122 cm³/mol. The molecule has 6 nitrogen and oxygen atoms in total. The number of hydrogen-bond acceptors (Lipinski definition) is 4. The lowest BCUT2D eigenvalue weighted by molar-refractivity contribution is 0.251. The Bertz CT molecular complexity index is 1090. The zero-order valence-electron chi connectivity index (χ0n) is 18.3. The Hall–Kier alpha value is -3.06. The first-order chi connectivity index (χ1) is 14.9. The van der Waals surface area contributed by atoms with Crippen molar-refractivity contribution in [3.05, 3.63) is 59.1 Å². The van der Waals surface area contributed by atoms with E-state index in [-0.39, 0.29) is 18.4 Å². The molecule has 0 atom stereocenters. The van der Waals surface area contributed by atoms with E-state index in [1.165, 1.54) is 17.8 Å². The van der Waals surface area contributed by atoms with E-state index in [0.717, 1.165) is 54.9 Å². The van der Waals surface area contributed by atoms with Gasteiger partial charge < -0.3 is 24.9 Å². The number of amides is 2. The number of rotatable bonds is 5. The lowest BCUT2D eigenvalue weighted by atomic mass is 10.1. The molecule has 0 radical (unpaired) electrons. The highest BCUT2D eigenvalue weighted by atomic mass is 19.1. The fraction of sp³-hybridized carbons (Fsp3) is 0.375. The summed E-state index contributed by atoms with van der Waals surface area (Å²) < 4.78 is 19.2. The molecule has 2 heterocycles. The summed E-state index contributed by atoms with van der Waals surface area (Å²) in [6.45, 7) is 11.6. The number of furan rings is 1. The summed E-state index contributed by atoms with van der Waals surface area (Å²) in [6.07, 6.45) is 0. The van der Waals surface area contributed by atoms with Gasteiger partial charge in [-0.05, 0) is 62.4 Å². The van der Waals surface area contributed by atoms with E-state index in [1.54, 1.807) is 6.07 Å². The standard InChI is InChI=1S/C24H29FN4O2/c1-4-28-9-11-29(12-10-28)19-6-7-21(16(2)13-19)27-24(30)26-15-23-17(3)20-14-18(25)5-8-22(20)31-23/h5-8,13-14H,4,9-12,15H2,1-3H3,(H2,26,27,30). The molecule has 4 rings (SSSR count). The summed E-state index contributed by atoms with van der Waals surface area (Å²) in [5.74, 6) is 0.314. The second-order valence-electron chi connectivity index (χ2n) is 8.02. The zero-order valence-corrected chi connectivity index (χ0v) is 18.3. The first kappa shape index (κ1) is 21.2. The van der Waals surface area contributed by atoms with Crippen molar-refractivity contribution in [1.82, 2.24) is 10.2 Å². The van der Waals surface area contributed by atoms with E-state index in [4.69, 9.17) is 4.42 Å². The first-order valence-electron chi connectivity index (χ1n) is 10.7. The highest BCUT2D eigenvalue weighted by Crippen LogP contribution is 2.26. The summed E-state index contributed by atoms with van der Waals surface area (Å²) in [7, 11) is 0. The number of carbonyl (C=O) groups excluding carboxylic acids is 1. The van der Waals surface area contributed by atoms with E-state index < -0.39 is 0 Å². The van der Waals surface area contributed by atoms with Crippen LogP contribution in [-0.4, -0.2) is 43.7 Å². The van der Waals surface area contributed by atoms with Crippen LogP contribution < -0.4 is 15.5 Å². The Balaban J connectivity index is 1.36. The quantitative estimate of drug-likeness (QED) is 0.626. The lowest BCUT2D eigenvalue weighted by Crippen LogP contribution is -2.46. The monoisotopic (exact) mass is 424 g/mol. The molecule has 1 aliphatic heterocycles. The Morgan fingerprint density at radius 2 is 1.87 bits per heavy atom. The number of halogens is 1. The van der Waals surface area contributed by atoms with Crippen LogP contribution in [0.5, 0.6) is 0 Å². The second kappa shape index (κ2) is 8.98. The van der Waals surface area contributed by atoms with Crippen molar-refractivity contribution in [2.75, 3.05) is 42.9 Å². The van der Waals surface area contributed by atoms with Crippen LogP contribution in [0.15, 0.2) is 40.8 Å². The van der Waals surface area contributed by atoms with Crippen molar-refractivity contribution in [2.45, 2.75) is 27.3 Å². The average molecular weight is 425 g/mol. The number of nitrogens with one attached hydrogen (secondary N) is 2. The fourth-order valence-electron chi connectivity index (χ4n) is 4.05. The van der Waals surface area contributed by atoms with Crippen molar-refractivity contribution in [2.24, 2.45) is 0 Å². The number of benzene rings is 2. The third kappa shape index (κ3) is 4.66. The summed E-state index contributed by atoms with van der Waals surface area (Å²) in [5, 5.41) is 6.46. The Morgan fingerprint density at radius 3 is 2.58 bits per heavy atom. The van der Waals surface area contributed by atoms with Gasteiger partial charge in [0.25, 0.3) is 0 Å². The van der Waals surface area contributed by atoms with Crippen molar-refractivity contribution < 1.29 is 13.6 Å². The summed E-state index contributed by atoms with van der Waals surface area (Å²) in [5.41, 5.74) is 4.42. The van der Waals surface area contributed by atoms with Crippen molar-refractivity contribution in [1.29, 1.82) is 0 Å². The van der Waals surface area contributed by atoms with E-state index in [0.29, 0.717) is 11.3 Å². The van der Waals surface area contributed by atoms with Gasteiger partial charge in [0.1, 0.15) is 17.2 Å². The molecule has 2 N–H and O–H groups in total. The number of fused-ring (bicyclic) bond motifs is 1. The molecule has 0 spiro atoms. The van der Waals surface area contributed by atoms with Gasteiger partial charge in [-0.3, -0.25) is 0 Å². The van der Waals surface area contributed by atoms with Gasteiger partial charge in [-0.1, -0.05) is 6.92 Å². The van der Waals surface area contributed by atoms with Gasteiger partial charge in [0.15, 0.2) is 0 Å². The SMILES string of the molecule is CCN1CCN(c2ccc(NC(=O)NCc3oc4ccc(F)cc4c3C)c(C)c2)CC1. The molecule has 0 bridgehead atoms. The maximum Gasteiger partial charge on any atom is 0.319 e. The molecule has 1 aromatic heterocycles. The molecule has 0 unspecified atom stereocenters. The van der Waals surface area contributed by atoms with Crippen LogP contribution in [0.3, 0.4) is 0 Å². The molecule has 2 aromatic carbocycles. The van der Waals surface area contributed by atoms with Crippen LogP contribution in [-0.2, 0) is 6.54 Å². The molecule has 1 aliphatic rings. The Labute approximate surface area is 182 Å². The number of aryl methyl sites for hydroxylation is 2. The minimum atomic E-state index is -0.307. The van der Waals surface area contributed by atoms with Crippen molar-refractivity contribution in [3.8, 4) is 0 Å². The molecule has 3 aromatic rings. The van der Waals surface area contributed by atoms with Gasteiger partial charge in [0, 0.05) is 48.5 Å². The Kier molecular flexibility index (Phi) is 6.13. The van der Waals surface area contributed by atoms with Crippen LogP contribution in [0, 0.1) is 19.7 Å². The first-order valence-corrected chi connectivity index (χ1v) is 10.7. The highest BCUT2D eigenvalue weighted by Gasteiger charge is 2.17. The van der Waals surface area contributed by atoms with Crippen LogP contribution in [0.2, 0.25) is 0 Å². The zero-order chi connectivity index (χ0) is 22.0. The van der Waals surface area contributed by atoms with Crippen LogP contribution in [0.1, 0.15) is 23.8 Å². The van der Waals surface area contributed by atoms with Gasteiger partial charge in [0.05, 0.1) is 6.54 Å². The smallest absolute Gasteiger partial charge is 0.319 e. The molecular weight excluding hydrogens is 395 g/mol. The number of anilines is 2. The maximum atomic E-state index is 13.5. The molecule has 0 saturated carbocycles. The lowest BCUT2D eigenvalue weighted by Gasteiger charge is -2.35. The van der Waals surface area contributed by atoms with Gasteiger partial charge in [-0.2, -0.15) is 0 Å². The van der Waals surface area contributed by atoms with Gasteiger partial charge in [-0.25, -0.2) is 9.18 Å². The minimum Gasteiger partial charge on any atom is -0.459 e. The molecule has 2 amide bonds. The van der Waals surface area contributed by atoms with Crippen LogP contribution >= 0.6 is 0 Å². The van der Waals surface area contributed by atoms with Gasteiger partial charge >= 0.3 is 6.03 Å². The second-order valence-corrected chi connectivity index (χ2v) is 8.02. The topological polar surface area (TPSA) is 60.8 Å². The minimum absolute atomic E-state index is 0.229. The van der Waals surface area contributed by atoms with Crippen LogP contribution in [0.4, 0.5) is 20.6 Å². The number of likely N-dealkylation sites (N-methyl/N-ethyl adjacent to an activating group) is 1. The molecule has 1 saturated heterocycles. The summed E-state index contributed by atoms with van der Waals surface area (Å²) >= 11 is 0. The van der Waals surface area contributed by atoms with Crippen LogP contribution in [0.25, 0.3) is 11.0 Å². The maximum absolute atomic E-state index is 13.5. The third-order valence-corrected chi connectivity index (χ3v) is 6.05. The largest absolute Gasteiger partial charge is 0.459 e. The number of piperazine rings is 1. The molecule has 31 heavy (non-hydrogen) atoms. The van der Waals surface area contributed by atoms with E-state index in [2.05, 4.69) is 39.5 Å². The molecule has 0 aliphatic carbocycles. The number of carbonyl (C=O) groups is 1. The van der Waals surface area contributed by atoms with Crippen molar-refractivity contribution >= 4 is 28.4 Å². The van der Waals surface area contributed by atoms with E-state index >= 15 is 0 Å². The summed E-state index contributed by atoms with van der Waals surface area (Å²) in [6, 6.07) is 10.2.